The Hall–Kier alpha value is -3.66. The lowest BCUT2D eigenvalue weighted by molar-refractivity contribution is -0.647. The molecule has 28 heavy (non-hydrogen) atoms. The average Bonchev–Trinajstić information content (AvgIpc) is 3.33. The first-order valence-corrected chi connectivity index (χ1v) is 9.46. The molecule has 4 nitrogen and oxygen atoms in total. The predicted molar refractivity (Wildman–Crippen MR) is 112 cm³/mol. The van der Waals surface area contributed by atoms with Crippen LogP contribution in [0.15, 0.2) is 65.5 Å². The lowest BCUT2D eigenvalue weighted by Crippen LogP contribution is -2.30. The summed E-state index contributed by atoms with van der Waals surface area (Å²) in [5, 5.41) is 6.05. The topological polar surface area (TPSA) is 34.3 Å². The normalized spacial score (nSPS) is 12.6. The number of aromatic nitrogens is 3. The van der Waals surface area contributed by atoms with E-state index in [4.69, 9.17) is 9.40 Å². The minimum absolute atomic E-state index is 0.964. The summed E-state index contributed by atoms with van der Waals surface area (Å²) < 4.78 is 10.4. The van der Waals surface area contributed by atoms with E-state index in [-0.39, 0.29) is 0 Å². The Morgan fingerprint density at radius 2 is 1.71 bits per heavy atom. The van der Waals surface area contributed by atoms with Crippen molar-refractivity contribution >= 4 is 60.1 Å². The molecule has 4 heterocycles. The van der Waals surface area contributed by atoms with Gasteiger partial charge in [-0.3, -0.25) is 0 Å². The number of rotatable bonds is 0. The van der Waals surface area contributed by atoms with Gasteiger partial charge in [-0.2, -0.15) is 0 Å². The van der Waals surface area contributed by atoms with E-state index in [9.17, 15) is 0 Å². The first kappa shape index (κ1) is 14.4. The number of furan rings is 1. The summed E-state index contributed by atoms with van der Waals surface area (Å²) in [6.07, 6.45) is 3.73. The maximum atomic E-state index is 5.92. The zero-order chi connectivity index (χ0) is 18.6. The fraction of sp³-hybridized carbons (Fsp3) is 0.0833. The van der Waals surface area contributed by atoms with Crippen LogP contribution in [0.2, 0.25) is 0 Å². The Bertz CT molecular complexity index is 1740. The number of pyridine rings is 1. The fourth-order valence-corrected chi connectivity index (χ4v) is 5.10. The Kier molecular flexibility index (Phi) is 2.36. The van der Waals surface area contributed by atoms with Crippen LogP contribution in [0, 0.1) is 6.92 Å². The largest absolute Gasteiger partial charge is 0.464 e. The predicted octanol–water partition coefficient (Wildman–Crippen LogP) is 5.26. The molecule has 4 heteroatoms. The monoisotopic (exact) mass is 362 g/mol. The lowest BCUT2D eigenvalue weighted by Gasteiger charge is -2.14. The number of aryl methyl sites for hydroxylation is 2. The molecule has 0 bridgehead atoms. The zero-order valence-electron chi connectivity index (χ0n) is 15.5. The number of benzene rings is 3. The van der Waals surface area contributed by atoms with Gasteiger partial charge in [0.15, 0.2) is 5.52 Å². The SMILES string of the molecule is Cc1c2ccoc2c2cccc3c2c1c1c2c(nc[n+]1C)c1ccccc1n32. The van der Waals surface area contributed by atoms with Crippen molar-refractivity contribution in [3.8, 4) is 0 Å². The molecule has 7 rings (SSSR count). The number of para-hydroxylation sites is 1. The zero-order valence-corrected chi connectivity index (χ0v) is 15.5. The summed E-state index contributed by atoms with van der Waals surface area (Å²) >= 11 is 0. The van der Waals surface area contributed by atoms with Crippen molar-refractivity contribution in [2.24, 2.45) is 7.05 Å². The lowest BCUT2D eigenvalue weighted by atomic mass is 9.95. The van der Waals surface area contributed by atoms with Crippen LogP contribution >= 0.6 is 0 Å². The van der Waals surface area contributed by atoms with Crippen LogP contribution in [0.25, 0.3) is 60.1 Å². The molecule has 0 saturated heterocycles. The van der Waals surface area contributed by atoms with Crippen molar-refractivity contribution in [1.82, 2.24) is 9.38 Å². The Morgan fingerprint density at radius 1 is 0.893 bits per heavy atom. The third-order valence-corrected chi connectivity index (χ3v) is 6.24. The molecule has 0 atom stereocenters. The quantitative estimate of drug-likeness (QED) is 0.209. The van der Waals surface area contributed by atoms with E-state index in [0.29, 0.717) is 0 Å². The van der Waals surface area contributed by atoms with Crippen LogP contribution in [0.1, 0.15) is 5.56 Å². The number of nitrogens with zero attached hydrogens (tertiary/aromatic N) is 3. The van der Waals surface area contributed by atoms with Crippen LogP contribution in [0.3, 0.4) is 0 Å². The van der Waals surface area contributed by atoms with Gasteiger partial charge in [-0.25, -0.2) is 4.57 Å². The van der Waals surface area contributed by atoms with Gasteiger partial charge in [-0.1, -0.05) is 24.3 Å². The first-order valence-electron chi connectivity index (χ1n) is 9.46. The maximum Gasteiger partial charge on any atom is 0.287 e. The highest BCUT2D eigenvalue weighted by molar-refractivity contribution is 6.29. The fourth-order valence-electron chi connectivity index (χ4n) is 5.10. The summed E-state index contributed by atoms with van der Waals surface area (Å²) in [5.74, 6) is 0. The highest BCUT2D eigenvalue weighted by Gasteiger charge is 2.26. The van der Waals surface area contributed by atoms with E-state index >= 15 is 0 Å². The second-order valence-corrected chi connectivity index (χ2v) is 7.62. The van der Waals surface area contributed by atoms with Gasteiger partial charge in [0, 0.05) is 21.5 Å². The van der Waals surface area contributed by atoms with Crippen LogP contribution in [0.5, 0.6) is 0 Å². The summed E-state index contributed by atoms with van der Waals surface area (Å²) in [5.41, 5.74) is 8.04. The van der Waals surface area contributed by atoms with Gasteiger partial charge < -0.3 is 8.82 Å². The van der Waals surface area contributed by atoms with Gasteiger partial charge in [-0.05, 0) is 41.7 Å². The summed E-state index contributed by atoms with van der Waals surface area (Å²) in [4.78, 5) is 4.81. The molecule has 4 aromatic heterocycles. The molecule has 0 saturated carbocycles. The van der Waals surface area contributed by atoms with Crippen molar-refractivity contribution in [1.29, 1.82) is 0 Å². The molecule has 0 aliphatic rings. The minimum atomic E-state index is 0.964. The van der Waals surface area contributed by atoms with Gasteiger partial charge in [0.25, 0.3) is 6.33 Å². The summed E-state index contributed by atoms with van der Waals surface area (Å²) in [7, 11) is 2.09. The van der Waals surface area contributed by atoms with Gasteiger partial charge >= 0.3 is 0 Å². The van der Waals surface area contributed by atoms with E-state index < -0.39 is 0 Å². The van der Waals surface area contributed by atoms with E-state index in [0.717, 1.165) is 16.5 Å². The molecule has 0 N–H and O–H groups in total. The Balaban J connectivity index is 2.03. The molecule has 3 aromatic carbocycles. The molecule has 0 amide bonds. The molecule has 0 spiro atoms. The van der Waals surface area contributed by atoms with Gasteiger partial charge in [-0.15, -0.1) is 0 Å². The van der Waals surface area contributed by atoms with Crippen molar-refractivity contribution in [3.05, 3.63) is 66.7 Å². The van der Waals surface area contributed by atoms with Gasteiger partial charge in [0.1, 0.15) is 11.1 Å². The van der Waals surface area contributed by atoms with Crippen LogP contribution in [-0.2, 0) is 7.05 Å². The van der Waals surface area contributed by atoms with Crippen LogP contribution in [-0.4, -0.2) is 9.38 Å². The number of fused-ring (bicyclic) bond motifs is 7. The third kappa shape index (κ3) is 1.43. The molecule has 0 aliphatic carbocycles. The number of hydrogen-bond donors (Lipinski definition) is 0. The highest BCUT2D eigenvalue weighted by Crippen LogP contribution is 2.42. The smallest absolute Gasteiger partial charge is 0.287 e. The molecule has 7 aromatic rings. The molecule has 0 fully saturated rings. The Labute approximate surface area is 159 Å². The van der Waals surface area contributed by atoms with E-state index in [1.165, 1.54) is 49.2 Å². The van der Waals surface area contributed by atoms with Crippen LogP contribution in [0.4, 0.5) is 0 Å². The minimum Gasteiger partial charge on any atom is -0.464 e. The summed E-state index contributed by atoms with van der Waals surface area (Å²) in [6.45, 7) is 2.20. The summed E-state index contributed by atoms with van der Waals surface area (Å²) in [6, 6.07) is 17.1. The van der Waals surface area contributed by atoms with Gasteiger partial charge in [0.05, 0.1) is 29.7 Å². The van der Waals surface area contributed by atoms with Gasteiger partial charge in [0.2, 0.25) is 5.52 Å². The molecular weight excluding hydrogens is 346 g/mol. The average molecular weight is 362 g/mol. The standard InChI is InChI=1S/C24H16N3O/c1-13-14-10-11-28-24(14)16-7-5-9-18-20(16)19(13)22-23-21(25-12-26(22)2)15-6-3-4-8-17(15)27(18)23/h3-12H,1-2H3/q+1. The highest BCUT2D eigenvalue weighted by atomic mass is 16.3. The van der Waals surface area contributed by atoms with Crippen molar-refractivity contribution in [2.75, 3.05) is 0 Å². The maximum absolute atomic E-state index is 5.92. The Morgan fingerprint density at radius 3 is 2.64 bits per heavy atom. The van der Waals surface area contributed by atoms with E-state index in [1.54, 1.807) is 6.26 Å². The second-order valence-electron chi connectivity index (χ2n) is 7.62. The molecule has 0 unspecified atom stereocenters. The third-order valence-electron chi connectivity index (χ3n) is 6.24. The van der Waals surface area contributed by atoms with E-state index in [1.807, 2.05) is 6.33 Å². The van der Waals surface area contributed by atoms with Crippen molar-refractivity contribution < 1.29 is 8.98 Å². The molecular formula is C24H16N3O+. The molecule has 0 aliphatic heterocycles. The molecule has 0 radical (unpaired) electrons. The second kappa shape index (κ2) is 4.60. The van der Waals surface area contributed by atoms with E-state index in [2.05, 4.69) is 71.5 Å². The molecule has 132 valence electrons. The van der Waals surface area contributed by atoms with Crippen LogP contribution < -0.4 is 4.57 Å². The first-order chi connectivity index (χ1) is 13.8. The van der Waals surface area contributed by atoms with Crippen molar-refractivity contribution in [2.45, 2.75) is 6.92 Å². The number of hydrogen-bond acceptors (Lipinski definition) is 2. The van der Waals surface area contributed by atoms with Crippen molar-refractivity contribution in [3.63, 3.8) is 0 Å².